The predicted molar refractivity (Wildman–Crippen MR) is 98.3 cm³/mol. The molecule has 1 unspecified atom stereocenters. The number of nitriles is 1. The molecule has 6 heteroatoms. The Labute approximate surface area is 153 Å². The largest absolute Gasteiger partial charge is 0.338 e. The number of carbonyl (C=O) groups excluding carboxylic acids is 1. The van der Waals surface area contributed by atoms with Gasteiger partial charge >= 0.3 is 0 Å². The van der Waals surface area contributed by atoms with Gasteiger partial charge in [-0.1, -0.05) is 24.3 Å². The maximum Gasteiger partial charge on any atom is 0.253 e. The zero-order chi connectivity index (χ0) is 18.6. The lowest BCUT2D eigenvalue weighted by molar-refractivity contribution is 0.0684. The second-order valence-corrected chi connectivity index (χ2v) is 8.58. The molecule has 26 heavy (non-hydrogen) atoms. The number of rotatable bonds is 4. The normalized spacial score (nSPS) is 17.5. The fraction of sp³-hybridized carbons (Fsp3) is 0.300. The molecule has 3 rings (SSSR count). The molecule has 1 heterocycles. The highest BCUT2D eigenvalue weighted by Gasteiger charge is 2.28. The van der Waals surface area contributed by atoms with Gasteiger partial charge in [0.1, 0.15) is 0 Å². The number of carbonyl (C=O) groups is 1. The lowest BCUT2D eigenvalue weighted by Crippen LogP contribution is -2.41. The van der Waals surface area contributed by atoms with Gasteiger partial charge in [-0.25, -0.2) is 8.42 Å². The second kappa shape index (κ2) is 7.71. The Morgan fingerprint density at radius 1 is 1.15 bits per heavy atom. The quantitative estimate of drug-likeness (QED) is 0.831. The second-order valence-electron chi connectivity index (χ2n) is 6.55. The van der Waals surface area contributed by atoms with Crippen LogP contribution in [0.3, 0.4) is 0 Å². The maximum absolute atomic E-state index is 12.7. The van der Waals surface area contributed by atoms with Crippen molar-refractivity contribution in [3.8, 4) is 6.07 Å². The molecule has 0 saturated carbocycles. The number of benzene rings is 2. The molecule has 1 atom stereocenters. The van der Waals surface area contributed by atoms with Crippen LogP contribution in [0.1, 0.15) is 28.8 Å². The fourth-order valence-electron chi connectivity index (χ4n) is 3.32. The Bertz CT molecular complexity index is 933. The molecule has 1 aliphatic rings. The van der Waals surface area contributed by atoms with Crippen molar-refractivity contribution in [2.75, 3.05) is 18.8 Å². The van der Waals surface area contributed by atoms with Crippen LogP contribution < -0.4 is 0 Å². The molecule has 5 nitrogen and oxygen atoms in total. The molecule has 1 aliphatic heterocycles. The Kier molecular flexibility index (Phi) is 5.38. The molecule has 0 aromatic heterocycles. The third-order valence-electron chi connectivity index (χ3n) is 4.60. The molecule has 2 aromatic rings. The van der Waals surface area contributed by atoms with Gasteiger partial charge in [-0.15, -0.1) is 0 Å². The van der Waals surface area contributed by atoms with Gasteiger partial charge < -0.3 is 4.90 Å². The summed E-state index contributed by atoms with van der Waals surface area (Å²) in [4.78, 5) is 14.7. The minimum atomic E-state index is -3.37. The number of hydrogen-bond acceptors (Lipinski definition) is 4. The van der Waals surface area contributed by atoms with Crippen molar-refractivity contribution in [3.05, 3.63) is 65.7 Å². The van der Waals surface area contributed by atoms with Crippen LogP contribution in [0, 0.1) is 17.2 Å². The molecule has 0 spiro atoms. The van der Waals surface area contributed by atoms with Gasteiger partial charge in [-0.2, -0.15) is 5.26 Å². The van der Waals surface area contributed by atoms with E-state index in [1.165, 1.54) is 0 Å². The lowest BCUT2D eigenvalue weighted by atomic mass is 9.99. The zero-order valence-corrected chi connectivity index (χ0v) is 15.2. The van der Waals surface area contributed by atoms with Crippen molar-refractivity contribution in [2.45, 2.75) is 17.7 Å². The minimum Gasteiger partial charge on any atom is -0.338 e. The smallest absolute Gasteiger partial charge is 0.253 e. The topological polar surface area (TPSA) is 78.2 Å². The van der Waals surface area contributed by atoms with E-state index in [0.29, 0.717) is 29.1 Å². The Hall–Kier alpha value is -2.65. The zero-order valence-electron chi connectivity index (χ0n) is 14.3. The third-order valence-corrected chi connectivity index (χ3v) is 6.50. The Balaban J connectivity index is 1.71. The first-order valence-corrected chi connectivity index (χ1v) is 10.2. The van der Waals surface area contributed by atoms with Crippen molar-refractivity contribution < 1.29 is 13.2 Å². The minimum absolute atomic E-state index is 0.0407. The van der Waals surface area contributed by atoms with Crippen LogP contribution in [0.5, 0.6) is 0 Å². The molecule has 0 bridgehead atoms. The third kappa shape index (κ3) is 4.12. The Morgan fingerprint density at radius 3 is 2.65 bits per heavy atom. The summed E-state index contributed by atoms with van der Waals surface area (Å²) in [6.07, 6.45) is 1.56. The molecule has 1 saturated heterocycles. The number of amides is 1. The van der Waals surface area contributed by atoms with Crippen molar-refractivity contribution in [3.63, 3.8) is 0 Å². The highest BCUT2D eigenvalue weighted by Crippen LogP contribution is 2.23. The predicted octanol–water partition coefficient (Wildman–Crippen LogP) is 2.88. The number of sulfone groups is 1. The van der Waals surface area contributed by atoms with Gasteiger partial charge in [0, 0.05) is 18.7 Å². The summed E-state index contributed by atoms with van der Waals surface area (Å²) in [5.74, 6) is -0.195. The van der Waals surface area contributed by atoms with Crippen LogP contribution in [-0.2, 0) is 9.84 Å². The standard InChI is InChI=1S/C20H20N2O3S/c21-13-16-6-4-8-18(12-16)20(23)22-11-5-7-17(14-22)15-26(24,25)19-9-2-1-3-10-19/h1-4,6,8-10,12,17H,5,7,11,14-15H2. The fourth-order valence-corrected chi connectivity index (χ4v) is 4.98. The first-order valence-electron chi connectivity index (χ1n) is 8.57. The average molecular weight is 368 g/mol. The summed E-state index contributed by atoms with van der Waals surface area (Å²) < 4.78 is 25.2. The van der Waals surface area contributed by atoms with E-state index < -0.39 is 9.84 Å². The monoisotopic (exact) mass is 368 g/mol. The Morgan fingerprint density at radius 2 is 1.92 bits per heavy atom. The van der Waals surface area contributed by atoms with Crippen molar-refractivity contribution in [1.82, 2.24) is 4.90 Å². The van der Waals surface area contributed by atoms with E-state index in [1.807, 2.05) is 6.07 Å². The van der Waals surface area contributed by atoms with Crippen LogP contribution in [0.25, 0.3) is 0 Å². The van der Waals surface area contributed by atoms with Crippen LogP contribution in [-0.4, -0.2) is 38.1 Å². The van der Waals surface area contributed by atoms with Gasteiger partial charge in [-0.3, -0.25) is 4.79 Å². The molecular weight excluding hydrogens is 348 g/mol. The van der Waals surface area contributed by atoms with Crippen LogP contribution in [0.15, 0.2) is 59.5 Å². The molecule has 134 valence electrons. The van der Waals surface area contributed by atoms with E-state index in [4.69, 9.17) is 5.26 Å². The van der Waals surface area contributed by atoms with Crippen LogP contribution >= 0.6 is 0 Å². The van der Waals surface area contributed by atoms with Gasteiger partial charge in [-0.05, 0) is 49.1 Å². The first kappa shape index (κ1) is 18.2. The highest BCUT2D eigenvalue weighted by molar-refractivity contribution is 7.91. The summed E-state index contributed by atoms with van der Waals surface area (Å²) in [5.41, 5.74) is 0.909. The molecule has 1 fully saturated rings. The van der Waals surface area contributed by atoms with Crippen LogP contribution in [0.4, 0.5) is 0 Å². The van der Waals surface area contributed by atoms with E-state index in [-0.39, 0.29) is 17.6 Å². The molecule has 0 aliphatic carbocycles. The summed E-state index contributed by atoms with van der Waals surface area (Å²) in [6.45, 7) is 1.03. The summed E-state index contributed by atoms with van der Waals surface area (Å²) in [6, 6.07) is 17.1. The van der Waals surface area contributed by atoms with E-state index >= 15 is 0 Å². The first-order chi connectivity index (χ1) is 12.5. The van der Waals surface area contributed by atoms with Crippen molar-refractivity contribution in [1.29, 1.82) is 5.26 Å². The summed E-state index contributed by atoms with van der Waals surface area (Å²) in [7, 11) is -3.37. The van der Waals surface area contributed by atoms with Gasteiger partial charge in [0.05, 0.1) is 22.3 Å². The van der Waals surface area contributed by atoms with Gasteiger partial charge in [0.25, 0.3) is 5.91 Å². The van der Waals surface area contributed by atoms with Crippen molar-refractivity contribution in [2.24, 2.45) is 5.92 Å². The van der Waals surface area contributed by atoms with E-state index in [0.717, 1.165) is 12.8 Å². The lowest BCUT2D eigenvalue weighted by Gasteiger charge is -2.32. The average Bonchev–Trinajstić information content (AvgIpc) is 2.68. The molecule has 1 amide bonds. The van der Waals surface area contributed by atoms with Crippen molar-refractivity contribution >= 4 is 15.7 Å². The molecule has 0 N–H and O–H groups in total. The van der Waals surface area contributed by atoms with E-state index in [9.17, 15) is 13.2 Å². The van der Waals surface area contributed by atoms with E-state index in [2.05, 4.69) is 0 Å². The SMILES string of the molecule is N#Cc1cccc(C(=O)N2CCCC(CS(=O)(=O)c3ccccc3)C2)c1. The molecular formula is C20H20N2O3S. The van der Waals surface area contributed by atoms with E-state index in [1.54, 1.807) is 59.5 Å². The summed E-state index contributed by atoms with van der Waals surface area (Å²) in [5, 5.41) is 8.99. The highest BCUT2D eigenvalue weighted by atomic mass is 32.2. The van der Waals surface area contributed by atoms with Gasteiger partial charge in [0.2, 0.25) is 0 Å². The number of hydrogen-bond donors (Lipinski definition) is 0. The molecule has 0 radical (unpaired) electrons. The number of piperidine rings is 1. The van der Waals surface area contributed by atoms with Gasteiger partial charge in [0.15, 0.2) is 9.84 Å². The van der Waals surface area contributed by atoms with Crippen LogP contribution in [0.2, 0.25) is 0 Å². The molecule has 2 aromatic carbocycles. The number of nitrogens with zero attached hydrogens (tertiary/aromatic N) is 2. The maximum atomic E-state index is 12.7. The summed E-state index contributed by atoms with van der Waals surface area (Å²) >= 11 is 0. The number of likely N-dealkylation sites (tertiary alicyclic amines) is 1.